The van der Waals surface area contributed by atoms with Crippen LogP contribution in [0.2, 0.25) is 0 Å². The lowest BCUT2D eigenvalue weighted by Gasteiger charge is -2.38. The number of rotatable bonds is 4. The van der Waals surface area contributed by atoms with Gasteiger partial charge in [0.15, 0.2) is 10.3 Å². The van der Waals surface area contributed by atoms with E-state index in [-0.39, 0.29) is 0 Å². The summed E-state index contributed by atoms with van der Waals surface area (Å²) in [4.78, 5) is 8.79. The van der Waals surface area contributed by atoms with Crippen molar-refractivity contribution in [1.29, 1.82) is 0 Å². The van der Waals surface area contributed by atoms with Crippen LogP contribution in [-0.2, 0) is 4.79 Å². The fourth-order valence-corrected chi connectivity index (χ4v) is 1.51. The van der Waals surface area contributed by atoms with Crippen LogP contribution >= 0.6 is 25.3 Å². The maximum Gasteiger partial charge on any atom is 0.307 e. The van der Waals surface area contributed by atoms with Crippen molar-refractivity contribution in [2.24, 2.45) is 0 Å². The van der Waals surface area contributed by atoms with Gasteiger partial charge in [-0.1, -0.05) is 0 Å². The summed E-state index contributed by atoms with van der Waals surface area (Å²) in [6, 6.07) is 0. The van der Waals surface area contributed by atoms with Gasteiger partial charge in [-0.25, -0.2) is 0 Å². The van der Waals surface area contributed by atoms with E-state index in [0.717, 1.165) is 0 Å². The molecule has 4 nitrogen and oxygen atoms in total. The number of likely N-dealkylation sites (N-methyl/N-ethyl adjacent to an activating group) is 1. The Morgan fingerprint density at radius 2 is 1.92 bits per heavy atom. The molecule has 0 fully saturated rings. The van der Waals surface area contributed by atoms with Gasteiger partial charge in [-0.15, -0.1) is 25.3 Å². The third-order valence-electron chi connectivity index (χ3n) is 1.56. The molecule has 0 saturated carbocycles. The zero-order chi connectivity index (χ0) is 10.9. The van der Waals surface area contributed by atoms with Gasteiger partial charge in [-0.2, -0.15) is 0 Å². The van der Waals surface area contributed by atoms with Crippen molar-refractivity contribution < 1.29 is 19.5 Å². The lowest BCUT2D eigenvalue weighted by molar-refractivity contribution is -0.885. The number of aliphatic hydroxyl groups is 1. The fourth-order valence-electron chi connectivity index (χ4n) is 0.934. The number of hydrogen-bond acceptors (Lipinski definition) is 4. The van der Waals surface area contributed by atoms with Crippen molar-refractivity contribution in [1.82, 2.24) is 0 Å². The maximum atomic E-state index is 10.4. The van der Waals surface area contributed by atoms with Gasteiger partial charge in [0.1, 0.15) is 0 Å². The number of thiol groups is 2. The largest absolute Gasteiger partial charge is 0.481 e. The van der Waals surface area contributed by atoms with Crippen LogP contribution < -0.4 is 0 Å². The monoisotopic (exact) mass is 226 g/mol. The first kappa shape index (κ1) is 13.1. The van der Waals surface area contributed by atoms with Gasteiger partial charge in [0, 0.05) is 0 Å². The summed E-state index contributed by atoms with van der Waals surface area (Å²) in [5, 5.41) is 17.6. The number of hydrogen-bond donors (Lipinski definition) is 4. The molecule has 0 aromatic heterocycles. The zero-order valence-corrected chi connectivity index (χ0v) is 9.72. The average Bonchev–Trinajstić information content (AvgIpc) is 1.80. The number of carboxylic acid groups (broad SMARTS) is 1. The first-order valence-corrected chi connectivity index (χ1v) is 4.69. The lowest BCUT2D eigenvalue weighted by atomic mass is 10.2. The second-order valence-electron chi connectivity index (χ2n) is 3.94. The maximum absolute atomic E-state index is 10.4. The van der Waals surface area contributed by atoms with Crippen molar-refractivity contribution in [2.75, 3.05) is 21.1 Å². The van der Waals surface area contributed by atoms with Crippen LogP contribution in [0.25, 0.3) is 0 Å². The summed E-state index contributed by atoms with van der Waals surface area (Å²) in [5.74, 6) is -1.09. The molecule has 0 aliphatic carbocycles. The normalized spacial score (nSPS) is 19.2. The van der Waals surface area contributed by atoms with E-state index in [1.54, 1.807) is 21.1 Å². The highest BCUT2D eigenvalue weighted by atomic mass is 32.1. The molecule has 2 unspecified atom stereocenters. The van der Waals surface area contributed by atoms with Crippen LogP contribution in [0.4, 0.5) is 0 Å². The molecule has 0 rings (SSSR count). The number of carbonyl (C=O) groups is 1. The quantitative estimate of drug-likeness (QED) is 0.311. The van der Waals surface area contributed by atoms with E-state index in [9.17, 15) is 9.90 Å². The smallest absolute Gasteiger partial charge is 0.307 e. The Morgan fingerprint density at radius 3 is 2.15 bits per heavy atom. The molecule has 0 saturated heterocycles. The minimum Gasteiger partial charge on any atom is -0.481 e. The van der Waals surface area contributed by atoms with E-state index in [1.807, 2.05) is 0 Å². The third-order valence-corrected chi connectivity index (χ3v) is 3.28. The summed E-state index contributed by atoms with van der Waals surface area (Å²) in [6.07, 6.45) is -0.431. The van der Waals surface area contributed by atoms with E-state index in [0.29, 0.717) is 4.48 Å². The van der Waals surface area contributed by atoms with Crippen molar-refractivity contribution in [3.63, 3.8) is 0 Å². The van der Waals surface area contributed by atoms with Crippen LogP contribution in [0.5, 0.6) is 0 Å². The van der Waals surface area contributed by atoms with E-state index in [4.69, 9.17) is 5.11 Å². The number of quaternary nitrogens is 1. The minimum atomic E-state index is -1.60. The van der Waals surface area contributed by atoms with E-state index in [1.165, 1.54) is 0 Å². The summed E-state index contributed by atoms with van der Waals surface area (Å²) >= 11 is 8.05. The summed E-state index contributed by atoms with van der Waals surface area (Å²) in [6.45, 7) is 0. The van der Waals surface area contributed by atoms with E-state index in [2.05, 4.69) is 25.3 Å². The zero-order valence-electron chi connectivity index (χ0n) is 7.93. The molecule has 13 heavy (non-hydrogen) atoms. The van der Waals surface area contributed by atoms with Crippen molar-refractivity contribution >= 4 is 31.2 Å². The molecule has 2 atom stereocenters. The Hall–Kier alpha value is 0.0900. The van der Waals surface area contributed by atoms with Crippen LogP contribution in [0.1, 0.15) is 6.42 Å². The SMILES string of the molecule is C[N+](C)(C)C(S)C(O)(S)CC(=O)O. The highest BCUT2D eigenvalue weighted by molar-refractivity contribution is 7.85. The van der Waals surface area contributed by atoms with Gasteiger partial charge in [0.25, 0.3) is 0 Å². The van der Waals surface area contributed by atoms with Gasteiger partial charge in [-0.3, -0.25) is 4.79 Å². The van der Waals surface area contributed by atoms with Crippen LogP contribution in [0, 0.1) is 0 Å². The molecule has 0 bridgehead atoms. The van der Waals surface area contributed by atoms with Gasteiger partial charge >= 0.3 is 5.97 Å². The molecule has 0 radical (unpaired) electrons. The third kappa shape index (κ3) is 4.21. The molecular formula is C7H16NO3S2+. The molecule has 0 aromatic carbocycles. The van der Waals surface area contributed by atoms with Crippen molar-refractivity contribution in [3.8, 4) is 0 Å². The summed E-state index contributed by atoms with van der Waals surface area (Å²) in [5.41, 5.74) is 0. The Kier molecular flexibility index (Phi) is 4.11. The molecule has 78 valence electrons. The molecule has 0 spiro atoms. The van der Waals surface area contributed by atoms with Crippen LogP contribution in [0.15, 0.2) is 0 Å². The van der Waals surface area contributed by atoms with E-state index < -0.39 is 22.7 Å². The number of carboxylic acids is 1. The molecule has 2 N–H and O–H groups in total. The Bertz CT molecular complexity index is 200. The van der Waals surface area contributed by atoms with Gasteiger partial charge in [0.05, 0.1) is 27.6 Å². The first-order chi connectivity index (χ1) is 5.57. The summed E-state index contributed by atoms with van der Waals surface area (Å²) < 4.78 is 0.330. The van der Waals surface area contributed by atoms with Crippen molar-refractivity contribution in [2.45, 2.75) is 16.7 Å². The molecular weight excluding hydrogens is 210 g/mol. The predicted molar refractivity (Wildman–Crippen MR) is 57.0 cm³/mol. The summed E-state index contributed by atoms with van der Waals surface area (Å²) in [7, 11) is 5.42. The first-order valence-electron chi connectivity index (χ1n) is 3.73. The second kappa shape index (κ2) is 4.08. The standard InChI is InChI=1S/C7H15NO3S2/c1-8(2,3)6(12)7(11,13)4-5(9)10/h6,11H,4H2,1-3H3,(H2-,9,10,12,13)/p+1. The van der Waals surface area contributed by atoms with Gasteiger partial charge in [0.2, 0.25) is 0 Å². The Balaban J connectivity index is 4.54. The molecule has 6 heteroatoms. The minimum absolute atomic E-state index is 0.330. The number of nitrogens with zero attached hydrogens (tertiary/aromatic N) is 1. The fraction of sp³-hybridized carbons (Fsp3) is 0.857. The van der Waals surface area contributed by atoms with Gasteiger partial charge in [-0.05, 0) is 0 Å². The van der Waals surface area contributed by atoms with Crippen LogP contribution in [-0.4, -0.2) is 52.1 Å². The number of aliphatic carboxylic acids is 1. The molecule has 0 amide bonds. The average molecular weight is 226 g/mol. The Morgan fingerprint density at radius 1 is 1.54 bits per heavy atom. The molecule has 0 aliphatic rings. The van der Waals surface area contributed by atoms with Crippen molar-refractivity contribution in [3.05, 3.63) is 0 Å². The van der Waals surface area contributed by atoms with Gasteiger partial charge < -0.3 is 14.7 Å². The topological polar surface area (TPSA) is 57.5 Å². The lowest BCUT2D eigenvalue weighted by Crippen LogP contribution is -2.54. The van der Waals surface area contributed by atoms with E-state index >= 15 is 0 Å². The molecule has 0 heterocycles. The second-order valence-corrected chi connectivity index (χ2v) is 5.20. The van der Waals surface area contributed by atoms with Crippen LogP contribution in [0.3, 0.4) is 0 Å². The molecule has 0 aliphatic heterocycles. The highest BCUT2D eigenvalue weighted by Gasteiger charge is 2.41. The highest BCUT2D eigenvalue weighted by Crippen LogP contribution is 2.28. The Labute approximate surface area is 89.0 Å². The predicted octanol–water partition coefficient (Wildman–Crippen LogP) is 0.0416. The molecule has 0 aromatic rings.